The van der Waals surface area contributed by atoms with Crippen LogP contribution in [-0.2, 0) is 36.6 Å². The van der Waals surface area contributed by atoms with E-state index in [4.69, 9.17) is 25.7 Å². The minimum Gasteiger partial charge on any atom is -0.462 e. The number of aliphatic hydroxyl groups is 3. The third-order valence-electron chi connectivity index (χ3n) is 5.50. The van der Waals surface area contributed by atoms with E-state index in [1.807, 2.05) is 36.4 Å². The summed E-state index contributed by atoms with van der Waals surface area (Å²) in [5.74, 6) is -1.61. The molecule has 0 saturated carbocycles. The summed E-state index contributed by atoms with van der Waals surface area (Å²) in [6.07, 6.45) is -7.49. The number of carbonyl (C=O) groups is 2. The molecule has 0 radical (unpaired) electrons. The second-order valence-electron chi connectivity index (χ2n) is 8.17. The Bertz CT molecular complexity index is 929. The molecule has 0 spiro atoms. The van der Waals surface area contributed by atoms with Gasteiger partial charge in [0, 0.05) is 0 Å². The van der Waals surface area contributed by atoms with E-state index >= 15 is 0 Å². The maximum absolute atomic E-state index is 12.5. The van der Waals surface area contributed by atoms with E-state index in [0.717, 1.165) is 11.1 Å². The standard InChI is InChI=1S/C24H30N2O8/c25-16(11-14-7-3-1-4-8-14)22(29)32-13-18-19(27)21(20(28)24(31)33-18)34-23(30)17(26)12-15-9-5-2-6-10-15/h1-10,16-21,24,27-28,31H,11-13,25-26H2/t16-,17-,18+,19+,20+,21-,24?/m0/s1. The zero-order valence-electron chi connectivity index (χ0n) is 18.5. The Labute approximate surface area is 197 Å². The summed E-state index contributed by atoms with van der Waals surface area (Å²) < 4.78 is 15.5. The van der Waals surface area contributed by atoms with Crippen LogP contribution in [0.4, 0.5) is 0 Å². The molecule has 10 heteroatoms. The molecular formula is C24H30N2O8. The Balaban J connectivity index is 1.55. The fourth-order valence-electron chi connectivity index (χ4n) is 3.59. The molecule has 0 aliphatic carbocycles. The number of hydrogen-bond donors (Lipinski definition) is 5. The van der Waals surface area contributed by atoms with E-state index in [9.17, 15) is 24.9 Å². The van der Waals surface area contributed by atoms with Gasteiger partial charge in [-0.15, -0.1) is 0 Å². The van der Waals surface area contributed by atoms with Crippen molar-refractivity contribution in [3.8, 4) is 0 Å². The van der Waals surface area contributed by atoms with Crippen molar-refractivity contribution in [3.63, 3.8) is 0 Å². The molecule has 7 atom stereocenters. The lowest BCUT2D eigenvalue weighted by Crippen LogP contribution is -2.61. The Morgan fingerprint density at radius 3 is 1.85 bits per heavy atom. The van der Waals surface area contributed by atoms with Crippen molar-refractivity contribution in [3.05, 3.63) is 71.8 Å². The van der Waals surface area contributed by atoms with Crippen molar-refractivity contribution < 1.29 is 39.1 Å². The third kappa shape index (κ3) is 6.83. The molecule has 1 aliphatic heterocycles. The predicted molar refractivity (Wildman–Crippen MR) is 120 cm³/mol. The summed E-state index contributed by atoms with van der Waals surface area (Å²) in [6.45, 7) is -0.476. The number of rotatable bonds is 9. The lowest BCUT2D eigenvalue weighted by atomic mass is 9.98. The molecule has 3 rings (SSSR count). The van der Waals surface area contributed by atoms with Crippen molar-refractivity contribution in [2.24, 2.45) is 11.5 Å². The molecule has 0 bridgehead atoms. The molecule has 1 fully saturated rings. The van der Waals surface area contributed by atoms with E-state index in [0.29, 0.717) is 0 Å². The molecule has 2 aromatic carbocycles. The van der Waals surface area contributed by atoms with Gasteiger partial charge in [-0.25, -0.2) is 0 Å². The van der Waals surface area contributed by atoms with Crippen molar-refractivity contribution in [2.45, 2.75) is 55.6 Å². The first-order chi connectivity index (χ1) is 16.3. The average molecular weight is 475 g/mol. The fourth-order valence-corrected chi connectivity index (χ4v) is 3.59. The predicted octanol–water partition coefficient (Wildman–Crippen LogP) is -0.980. The van der Waals surface area contributed by atoms with Crippen molar-refractivity contribution in [1.82, 2.24) is 0 Å². The fraction of sp³-hybridized carbons (Fsp3) is 0.417. The molecule has 34 heavy (non-hydrogen) atoms. The van der Waals surface area contributed by atoms with Crippen LogP contribution in [0.15, 0.2) is 60.7 Å². The van der Waals surface area contributed by atoms with Gasteiger partial charge >= 0.3 is 11.9 Å². The van der Waals surface area contributed by atoms with Gasteiger partial charge < -0.3 is 41.0 Å². The highest BCUT2D eigenvalue weighted by atomic mass is 16.7. The number of nitrogens with two attached hydrogens (primary N) is 2. The van der Waals surface area contributed by atoms with Gasteiger partial charge in [-0.1, -0.05) is 60.7 Å². The maximum Gasteiger partial charge on any atom is 0.323 e. The highest BCUT2D eigenvalue weighted by molar-refractivity contribution is 5.76. The Kier molecular flexibility index (Phi) is 9.11. The summed E-state index contributed by atoms with van der Waals surface area (Å²) in [7, 11) is 0. The summed E-state index contributed by atoms with van der Waals surface area (Å²) in [4.78, 5) is 24.7. The van der Waals surface area contributed by atoms with Crippen LogP contribution in [0.5, 0.6) is 0 Å². The van der Waals surface area contributed by atoms with Crippen LogP contribution in [0.2, 0.25) is 0 Å². The zero-order chi connectivity index (χ0) is 24.7. The van der Waals surface area contributed by atoms with E-state index in [2.05, 4.69) is 0 Å². The molecular weight excluding hydrogens is 444 g/mol. The van der Waals surface area contributed by atoms with Gasteiger partial charge in [0.1, 0.15) is 37.0 Å². The number of aliphatic hydroxyl groups excluding tert-OH is 3. The number of esters is 2. The molecule has 2 aromatic rings. The van der Waals surface area contributed by atoms with Gasteiger partial charge in [0.05, 0.1) is 0 Å². The van der Waals surface area contributed by atoms with Gasteiger partial charge in [-0.2, -0.15) is 0 Å². The largest absolute Gasteiger partial charge is 0.462 e. The minimum absolute atomic E-state index is 0.179. The van der Waals surface area contributed by atoms with E-state index in [1.165, 1.54) is 0 Å². The van der Waals surface area contributed by atoms with Gasteiger partial charge in [-0.05, 0) is 24.0 Å². The summed E-state index contributed by atoms with van der Waals surface area (Å²) in [5.41, 5.74) is 13.4. The molecule has 7 N–H and O–H groups in total. The summed E-state index contributed by atoms with van der Waals surface area (Å²) >= 11 is 0. The smallest absolute Gasteiger partial charge is 0.323 e. The van der Waals surface area contributed by atoms with Crippen LogP contribution in [0.1, 0.15) is 11.1 Å². The number of benzene rings is 2. The van der Waals surface area contributed by atoms with Crippen molar-refractivity contribution >= 4 is 11.9 Å². The molecule has 1 heterocycles. The van der Waals surface area contributed by atoms with Gasteiger partial charge in [0.2, 0.25) is 0 Å². The monoisotopic (exact) mass is 474 g/mol. The van der Waals surface area contributed by atoms with Gasteiger partial charge in [0.25, 0.3) is 0 Å². The Hall–Kier alpha value is -2.86. The van der Waals surface area contributed by atoms with E-state index in [1.54, 1.807) is 24.3 Å². The van der Waals surface area contributed by atoms with E-state index < -0.39 is 61.3 Å². The highest BCUT2D eigenvalue weighted by Crippen LogP contribution is 2.23. The topological polar surface area (TPSA) is 175 Å². The summed E-state index contributed by atoms with van der Waals surface area (Å²) in [5, 5.41) is 30.8. The average Bonchev–Trinajstić information content (AvgIpc) is 2.84. The maximum atomic E-state index is 12.5. The summed E-state index contributed by atoms with van der Waals surface area (Å²) in [6, 6.07) is 16.1. The van der Waals surface area contributed by atoms with Gasteiger partial charge in [0.15, 0.2) is 12.4 Å². The molecule has 1 unspecified atom stereocenters. The first-order valence-electron chi connectivity index (χ1n) is 10.9. The van der Waals surface area contributed by atoms with Gasteiger partial charge in [-0.3, -0.25) is 9.59 Å². The van der Waals surface area contributed by atoms with Crippen LogP contribution in [0, 0.1) is 0 Å². The van der Waals surface area contributed by atoms with Crippen LogP contribution >= 0.6 is 0 Å². The van der Waals surface area contributed by atoms with Crippen LogP contribution in [0.25, 0.3) is 0 Å². The Morgan fingerprint density at radius 2 is 1.32 bits per heavy atom. The second kappa shape index (κ2) is 12.0. The van der Waals surface area contributed by atoms with Crippen LogP contribution in [-0.4, -0.2) is 76.7 Å². The number of ether oxygens (including phenoxy) is 3. The third-order valence-corrected chi connectivity index (χ3v) is 5.50. The molecule has 0 aromatic heterocycles. The first kappa shape index (κ1) is 25.8. The van der Waals surface area contributed by atoms with Crippen molar-refractivity contribution in [1.29, 1.82) is 0 Å². The molecule has 1 aliphatic rings. The Morgan fingerprint density at radius 1 is 0.824 bits per heavy atom. The minimum atomic E-state index is -1.78. The second-order valence-corrected chi connectivity index (χ2v) is 8.17. The van der Waals surface area contributed by atoms with Crippen molar-refractivity contribution in [2.75, 3.05) is 6.61 Å². The lowest BCUT2D eigenvalue weighted by Gasteiger charge is -2.40. The molecule has 0 amide bonds. The number of hydrogen-bond acceptors (Lipinski definition) is 10. The SMILES string of the molecule is N[C@@H](Cc1ccccc1)C(=O)OC[C@H]1OC(O)[C@H](O)[C@@H](OC(=O)[C@@H](N)Cc2ccccc2)[C@@H]1O. The lowest BCUT2D eigenvalue weighted by molar-refractivity contribution is -0.291. The number of carbonyl (C=O) groups excluding carboxylic acids is 2. The quantitative estimate of drug-likeness (QED) is 0.284. The van der Waals surface area contributed by atoms with E-state index in [-0.39, 0.29) is 12.8 Å². The highest BCUT2D eigenvalue weighted by Gasteiger charge is 2.47. The van der Waals surface area contributed by atoms with Crippen LogP contribution < -0.4 is 11.5 Å². The zero-order valence-corrected chi connectivity index (χ0v) is 18.5. The van der Waals surface area contributed by atoms with Crippen LogP contribution in [0.3, 0.4) is 0 Å². The molecule has 1 saturated heterocycles. The molecule has 184 valence electrons. The normalized spacial score (nSPS) is 26.3. The molecule has 10 nitrogen and oxygen atoms in total. The first-order valence-corrected chi connectivity index (χ1v) is 10.9.